The van der Waals surface area contributed by atoms with Gasteiger partial charge in [0.15, 0.2) is 0 Å². The van der Waals surface area contributed by atoms with E-state index < -0.39 is 0 Å². The van der Waals surface area contributed by atoms with E-state index in [1.165, 1.54) is 4.88 Å². The third-order valence-electron chi connectivity index (χ3n) is 4.19. The minimum absolute atomic E-state index is 0.0314. The van der Waals surface area contributed by atoms with Crippen molar-refractivity contribution in [2.45, 2.75) is 26.3 Å². The second kappa shape index (κ2) is 7.55. The molecule has 3 heterocycles. The molecule has 0 bridgehead atoms. The van der Waals surface area contributed by atoms with E-state index in [9.17, 15) is 4.79 Å². The zero-order valence-electron chi connectivity index (χ0n) is 13.1. The van der Waals surface area contributed by atoms with Crippen LogP contribution < -0.4 is 5.32 Å². The average molecular weight is 394 g/mol. The quantitative estimate of drug-likeness (QED) is 0.851. The number of nitrogens with zero attached hydrogens (tertiary/aromatic N) is 2. The fourth-order valence-corrected chi connectivity index (χ4v) is 4.41. The maximum absolute atomic E-state index is 12.6. The Morgan fingerprint density at radius 1 is 1.52 bits per heavy atom. The molecule has 0 unspecified atom stereocenters. The topological polar surface area (TPSA) is 45.2 Å². The molecule has 122 valence electrons. The molecule has 1 amide bonds. The number of thiophene rings is 1. The van der Waals surface area contributed by atoms with Gasteiger partial charge in [0.05, 0.1) is 5.92 Å². The SMILES string of the molecule is Cc1cccnc1NC(=O)[C@@H]1CCCN(Cc2sccc2Br)C1. The lowest BCUT2D eigenvalue weighted by Gasteiger charge is -2.31. The lowest BCUT2D eigenvalue weighted by Crippen LogP contribution is -2.40. The third kappa shape index (κ3) is 4.19. The lowest BCUT2D eigenvalue weighted by atomic mass is 9.97. The number of amides is 1. The van der Waals surface area contributed by atoms with Gasteiger partial charge in [-0.3, -0.25) is 9.69 Å². The fourth-order valence-electron chi connectivity index (χ4n) is 2.89. The van der Waals surface area contributed by atoms with E-state index in [4.69, 9.17) is 0 Å². The molecule has 0 radical (unpaired) electrons. The minimum Gasteiger partial charge on any atom is -0.310 e. The summed E-state index contributed by atoms with van der Waals surface area (Å²) in [5, 5.41) is 5.08. The fraction of sp³-hybridized carbons (Fsp3) is 0.412. The van der Waals surface area contributed by atoms with Crippen LogP contribution >= 0.6 is 27.3 Å². The third-order valence-corrected chi connectivity index (χ3v) is 6.10. The first kappa shape index (κ1) is 16.6. The first-order chi connectivity index (χ1) is 11.1. The van der Waals surface area contributed by atoms with Gasteiger partial charge in [-0.25, -0.2) is 4.98 Å². The molecule has 0 aromatic carbocycles. The highest BCUT2D eigenvalue weighted by atomic mass is 79.9. The number of aromatic nitrogens is 1. The van der Waals surface area contributed by atoms with Crippen molar-refractivity contribution in [3.05, 3.63) is 44.7 Å². The van der Waals surface area contributed by atoms with Gasteiger partial charge in [0.2, 0.25) is 5.91 Å². The van der Waals surface area contributed by atoms with Crippen molar-refractivity contribution in [1.82, 2.24) is 9.88 Å². The lowest BCUT2D eigenvalue weighted by molar-refractivity contribution is -0.121. The predicted octanol–water partition coefficient (Wildman–Crippen LogP) is 4.06. The highest BCUT2D eigenvalue weighted by Crippen LogP contribution is 2.27. The van der Waals surface area contributed by atoms with Gasteiger partial charge in [-0.1, -0.05) is 6.07 Å². The Balaban J connectivity index is 1.60. The number of rotatable bonds is 4. The standard InChI is InChI=1S/C17H20BrN3OS/c1-12-4-2-7-19-16(12)20-17(22)13-5-3-8-21(10-13)11-15-14(18)6-9-23-15/h2,4,6-7,9,13H,3,5,8,10-11H2,1H3,(H,19,20,22)/t13-/m1/s1. The molecule has 0 aliphatic carbocycles. The number of halogens is 1. The summed E-state index contributed by atoms with van der Waals surface area (Å²) in [6, 6.07) is 5.92. The normalized spacial score (nSPS) is 18.8. The van der Waals surface area contributed by atoms with E-state index in [0.29, 0.717) is 5.82 Å². The highest BCUT2D eigenvalue weighted by Gasteiger charge is 2.26. The van der Waals surface area contributed by atoms with Crippen molar-refractivity contribution < 1.29 is 4.79 Å². The summed E-state index contributed by atoms with van der Waals surface area (Å²) in [5.41, 5.74) is 0.996. The van der Waals surface area contributed by atoms with E-state index in [1.54, 1.807) is 17.5 Å². The minimum atomic E-state index is 0.0314. The Morgan fingerprint density at radius 3 is 3.13 bits per heavy atom. The molecule has 1 atom stereocenters. The molecule has 1 aliphatic rings. The first-order valence-electron chi connectivity index (χ1n) is 7.80. The van der Waals surface area contributed by atoms with Crippen LogP contribution in [-0.4, -0.2) is 28.9 Å². The number of anilines is 1. The van der Waals surface area contributed by atoms with Crippen LogP contribution in [0.1, 0.15) is 23.3 Å². The predicted molar refractivity (Wildman–Crippen MR) is 97.6 cm³/mol. The number of hydrogen-bond acceptors (Lipinski definition) is 4. The largest absolute Gasteiger partial charge is 0.310 e. The summed E-state index contributed by atoms with van der Waals surface area (Å²) < 4.78 is 1.16. The van der Waals surface area contributed by atoms with E-state index in [1.807, 2.05) is 19.1 Å². The van der Waals surface area contributed by atoms with Crippen molar-refractivity contribution in [2.24, 2.45) is 5.92 Å². The molecular formula is C17H20BrN3OS. The second-order valence-corrected chi connectivity index (χ2v) is 7.78. The summed E-state index contributed by atoms with van der Waals surface area (Å²) in [6.07, 6.45) is 3.71. The molecule has 2 aromatic rings. The molecule has 0 saturated carbocycles. The molecule has 6 heteroatoms. The van der Waals surface area contributed by atoms with Gasteiger partial charge in [0.25, 0.3) is 0 Å². The number of carbonyl (C=O) groups is 1. The Kier molecular flexibility index (Phi) is 5.46. The van der Waals surface area contributed by atoms with Gasteiger partial charge >= 0.3 is 0 Å². The van der Waals surface area contributed by atoms with Crippen molar-refractivity contribution in [3.63, 3.8) is 0 Å². The molecule has 1 N–H and O–H groups in total. The Morgan fingerprint density at radius 2 is 2.39 bits per heavy atom. The molecule has 23 heavy (non-hydrogen) atoms. The first-order valence-corrected chi connectivity index (χ1v) is 9.47. The Labute approximate surface area is 149 Å². The highest BCUT2D eigenvalue weighted by molar-refractivity contribution is 9.10. The summed E-state index contributed by atoms with van der Waals surface area (Å²) in [5.74, 6) is 0.793. The van der Waals surface area contributed by atoms with Crippen LogP contribution in [0.15, 0.2) is 34.2 Å². The van der Waals surface area contributed by atoms with E-state index >= 15 is 0 Å². The van der Waals surface area contributed by atoms with E-state index in [2.05, 4.69) is 42.6 Å². The van der Waals surface area contributed by atoms with Gasteiger partial charge in [-0.15, -0.1) is 11.3 Å². The zero-order valence-corrected chi connectivity index (χ0v) is 15.5. The smallest absolute Gasteiger partial charge is 0.229 e. The Hall–Kier alpha value is -1.24. The van der Waals surface area contributed by atoms with Gasteiger partial charge in [-0.2, -0.15) is 0 Å². The number of likely N-dealkylation sites (tertiary alicyclic amines) is 1. The number of carbonyl (C=O) groups excluding carboxylic acids is 1. The molecule has 0 spiro atoms. The van der Waals surface area contributed by atoms with Crippen LogP contribution in [0.4, 0.5) is 5.82 Å². The molecule has 4 nitrogen and oxygen atoms in total. The molecule has 1 saturated heterocycles. The van der Waals surface area contributed by atoms with Crippen LogP contribution in [0.3, 0.4) is 0 Å². The van der Waals surface area contributed by atoms with Crippen LogP contribution in [0.2, 0.25) is 0 Å². The van der Waals surface area contributed by atoms with Crippen LogP contribution in [-0.2, 0) is 11.3 Å². The van der Waals surface area contributed by atoms with Crippen molar-refractivity contribution in [1.29, 1.82) is 0 Å². The maximum atomic E-state index is 12.6. The maximum Gasteiger partial charge on any atom is 0.229 e. The summed E-state index contributed by atoms with van der Waals surface area (Å²) in [4.78, 5) is 20.5. The summed E-state index contributed by atoms with van der Waals surface area (Å²) in [7, 11) is 0. The zero-order chi connectivity index (χ0) is 16.2. The molecule has 3 rings (SSSR count). The van der Waals surface area contributed by atoms with Crippen LogP contribution in [0, 0.1) is 12.8 Å². The van der Waals surface area contributed by atoms with Gasteiger partial charge in [-0.05, 0) is 65.3 Å². The van der Waals surface area contributed by atoms with Gasteiger partial charge < -0.3 is 5.32 Å². The molecule has 1 fully saturated rings. The number of pyridine rings is 1. The summed E-state index contributed by atoms with van der Waals surface area (Å²) >= 11 is 5.34. The molecular weight excluding hydrogens is 374 g/mol. The van der Waals surface area contributed by atoms with E-state index in [0.717, 1.165) is 42.5 Å². The summed E-state index contributed by atoms with van der Waals surface area (Å²) in [6.45, 7) is 4.73. The number of aryl methyl sites for hydroxylation is 1. The van der Waals surface area contributed by atoms with Crippen molar-refractivity contribution in [2.75, 3.05) is 18.4 Å². The molecule has 1 aliphatic heterocycles. The number of piperidine rings is 1. The van der Waals surface area contributed by atoms with Crippen LogP contribution in [0.25, 0.3) is 0 Å². The monoisotopic (exact) mass is 393 g/mol. The van der Waals surface area contributed by atoms with Crippen LogP contribution in [0.5, 0.6) is 0 Å². The van der Waals surface area contributed by atoms with Gasteiger partial charge in [0, 0.05) is 28.6 Å². The van der Waals surface area contributed by atoms with Crippen molar-refractivity contribution >= 4 is 39.0 Å². The average Bonchev–Trinajstić information content (AvgIpc) is 2.95. The van der Waals surface area contributed by atoms with Crippen molar-refractivity contribution in [3.8, 4) is 0 Å². The number of hydrogen-bond donors (Lipinski definition) is 1. The van der Waals surface area contributed by atoms with E-state index in [-0.39, 0.29) is 11.8 Å². The molecule has 2 aromatic heterocycles. The van der Waals surface area contributed by atoms with Gasteiger partial charge in [0.1, 0.15) is 5.82 Å². The Bertz CT molecular complexity index is 688. The second-order valence-electron chi connectivity index (χ2n) is 5.92. The number of nitrogens with one attached hydrogen (secondary N) is 1.